The molecule has 11 nitrogen and oxygen atoms in total. The molecule has 0 unspecified atom stereocenters. The highest BCUT2D eigenvalue weighted by molar-refractivity contribution is 5.88. The number of nitro benzene ring substituents is 2. The first kappa shape index (κ1) is 26.5. The topological polar surface area (TPSA) is 144 Å². The molecule has 0 spiro atoms. The van der Waals surface area contributed by atoms with E-state index in [1.54, 1.807) is 44.1 Å². The number of fused-ring (bicyclic) bond motifs is 2. The average molecular weight is 509 g/mol. The lowest BCUT2D eigenvalue weighted by Crippen LogP contribution is -2.36. The van der Waals surface area contributed by atoms with Crippen molar-refractivity contribution in [2.24, 2.45) is 9.98 Å². The number of ether oxygens (including phenoxy) is 1. The van der Waals surface area contributed by atoms with Gasteiger partial charge in [-0.15, -0.1) is 13.2 Å². The molecule has 0 bridgehead atoms. The molecule has 2 heterocycles. The van der Waals surface area contributed by atoms with Crippen molar-refractivity contribution in [1.29, 1.82) is 0 Å². The molecule has 0 saturated heterocycles. The quantitative estimate of drug-likeness (QED) is 0.455. The van der Waals surface area contributed by atoms with Gasteiger partial charge in [-0.1, -0.05) is 0 Å². The SMILES string of the molecule is CN(CC(C)(C)O)c1cc2c(cc1[N+](=O)[O-])C=NC2.O=[N+]([O-])c1cc2c(cc1OC(F)(F)F)CN=C2. The second-order valence-corrected chi connectivity index (χ2v) is 8.73. The molecule has 2 aromatic carbocycles. The van der Waals surface area contributed by atoms with Gasteiger partial charge in [0.25, 0.3) is 5.69 Å². The maximum Gasteiger partial charge on any atom is 0.573 e. The average Bonchev–Trinajstić information content (AvgIpc) is 3.38. The van der Waals surface area contributed by atoms with E-state index < -0.39 is 33.2 Å². The molecule has 0 atom stereocenters. The second kappa shape index (κ2) is 9.89. The summed E-state index contributed by atoms with van der Waals surface area (Å²) in [5.74, 6) is -0.813. The summed E-state index contributed by atoms with van der Waals surface area (Å²) < 4.78 is 39.8. The molecule has 0 aromatic heterocycles. The standard InChI is InChI=1S/C13H17N3O3.C9H5F3N2O3/c1-13(2,17)8-15(3)11-4-9-6-14-7-10(9)5-12(11)16(18)19;10-9(11,12)17-8-2-6-4-13-3-5(6)1-7(8)14(15)16/h4-5,7,17H,6,8H2,1-3H3;1-3H,4H2. The summed E-state index contributed by atoms with van der Waals surface area (Å²) in [4.78, 5) is 30.1. The lowest BCUT2D eigenvalue weighted by molar-refractivity contribution is -0.388. The van der Waals surface area contributed by atoms with Gasteiger partial charge >= 0.3 is 12.0 Å². The Morgan fingerprint density at radius 3 is 1.94 bits per heavy atom. The molecule has 0 saturated carbocycles. The third-order valence-corrected chi connectivity index (χ3v) is 5.10. The van der Waals surface area contributed by atoms with Gasteiger partial charge in [0.15, 0.2) is 0 Å². The van der Waals surface area contributed by atoms with Crippen LogP contribution in [-0.4, -0.2) is 52.9 Å². The van der Waals surface area contributed by atoms with Gasteiger partial charge in [0.1, 0.15) is 5.69 Å². The van der Waals surface area contributed by atoms with Crippen LogP contribution in [0.2, 0.25) is 0 Å². The third kappa shape index (κ3) is 6.53. The lowest BCUT2D eigenvalue weighted by atomic mass is 10.1. The minimum absolute atomic E-state index is 0.0406. The first-order valence-corrected chi connectivity index (χ1v) is 10.5. The number of anilines is 1. The van der Waals surface area contributed by atoms with Crippen molar-refractivity contribution < 1.29 is 32.9 Å². The minimum atomic E-state index is -4.96. The van der Waals surface area contributed by atoms with E-state index in [4.69, 9.17) is 0 Å². The first-order chi connectivity index (χ1) is 16.6. The zero-order chi connectivity index (χ0) is 26.8. The van der Waals surface area contributed by atoms with Crippen LogP contribution in [0.5, 0.6) is 5.75 Å². The van der Waals surface area contributed by atoms with Crippen LogP contribution in [0.1, 0.15) is 36.1 Å². The van der Waals surface area contributed by atoms with Crippen molar-refractivity contribution in [2.75, 3.05) is 18.5 Å². The predicted molar refractivity (Wildman–Crippen MR) is 125 cm³/mol. The zero-order valence-electron chi connectivity index (χ0n) is 19.4. The van der Waals surface area contributed by atoms with Crippen molar-refractivity contribution in [2.45, 2.75) is 38.9 Å². The Hall–Kier alpha value is -4.07. The maximum atomic E-state index is 12.1. The molecule has 0 radical (unpaired) electrons. The summed E-state index contributed by atoms with van der Waals surface area (Å²) in [5.41, 5.74) is 1.58. The molecular weight excluding hydrogens is 487 g/mol. The number of benzene rings is 2. The highest BCUT2D eigenvalue weighted by Gasteiger charge is 2.35. The van der Waals surface area contributed by atoms with Gasteiger partial charge in [-0.3, -0.25) is 30.2 Å². The van der Waals surface area contributed by atoms with Crippen LogP contribution in [0.15, 0.2) is 34.3 Å². The number of hydrogen-bond acceptors (Lipinski definition) is 9. The van der Waals surface area contributed by atoms with E-state index in [-0.39, 0.29) is 12.2 Å². The van der Waals surface area contributed by atoms with E-state index in [0.717, 1.165) is 23.3 Å². The lowest BCUT2D eigenvalue weighted by Gasteiger charge is -2.27. The molecule has 0 amide bonds. The van der Waals surface area contributed by atoms with Crippen molar-refractivity contribution in [3.8, 4) is 5.75 Å². The van der Waals surface area contributed by atoms with Crippen molar-refractivity contribution in [3.63, 3.8) is 0 Å². The van der Waals surface area contributed by atoms with Gasteiger partial charge < -0.3 is 14.7 Å². The molecule has 36 heavy (non-hydrogen) atoms. The molecule has 4 rings (SSSR count). The summed E-state index contributed by atoms with van der Waals surface area (Å²) in [6.07, 6.45) is -1.93. The van der Waals surface area contributed by atoms with Gasteiger partial charge in [0.05, 0.1) is 28.5 Å². The highest BCUT2D eigenvalue weighted by atomic mass is 19.4. The number of halogens is 3. The van der Waals surface area contributed by atoms with Crippen LogP contribution in [0, 0.1) is 20.2 Å². The smallest absolute Gasteiger partial charge is 0.398 e. The van der Waals surface area contributed by atoms with Crippen LogP contribution in [-0.2, 0) is 13.1 Å². The molecule has 2 aliphatic heterocycles. The van der Waals surface area contributed by atoms with Crippen LogP contribution in [0.4, 0.5) is 30.2 Å². The van der Waals surface area contributed by atoms with Crippen molar-refractivity contribution in [3.05, 3.63) is 66.7 Å². The van der Waals surface area contributed by atoms with Gasteiger partial charge in [-0.25, -0.2) is 0 Å². The largest absolute Gasteiger partial charge is 0.573 e. The number of likely N-dealkylation sites (N-methyl/N-ethyl adjacent to an activating group) is 1. The first-order valence-electron chi connectivity index (χ1n) is 10.5. The molecule has 14 heteroatoms. The van der Waals surface area contributed by atoms with E-state index >= 15 is 0 Å². The zero-order valence-corrected chi connectivity index (χ0v) is 19.4. The van der Waals surface area contributed by atoms with Crippen LogP contribution >= 0.6 is 0 Å². The van der Waals surface area contributed by atoms with E-state index in [1.165, 1.54) is 6.21 Å². The molecule has 2 aliphatic rings. The number of aliphatic imine (C=N–C) groups is 2. The molecule has 0 aliphatic carbocycles. The maximum absolute atomic E-state index is 12.1. The van der Waals surface area contributed by atoms with E-state index in [2.05, 4.69) is 14.7 Å². The summed E-state index contributed by atoms with van der Waals surface area (Å²) in [7, 11) is 1.74. The Kier molecular flexibility index (Phi) is 7.29. The van der Waals surface area contributed by atoms with E-state index in [0.29, 0.717) is 29.9 Å². The fraction of sp³-hybridized carbons (Fsp3) is 0.364. The number of aliphatic hydroxyl groups is 1. The van der Waals surface area contributed by atoms with Gasteiger partial charge in [-0.05, 0) is 37.1 Å². The summed E-state index contributed by atoms with van der Waals surface area (Å²) >= 11 is 0. The second-order valence-electron chi connectivity index (χ2n) is 8.73. The molecule has 2 aromatic rings. The molecule has 1 N–H and O–H groups in total. The summed E-state index contributed by atoms with van der Waals surface area (Å²) in [5, 5.41) is 31.6. The van der Waals surface area contributed by atoms with E-state index in [1.807, 2.05) is 0 Å². The van der Waals surface area contributed by atoms with Crippen LogP contribution in [0.25, 0.3) is 0 Å². The number of nitro groups is 2. The Balaban J connectivity index is 0.000000202. The Labute approximate surface area is 202 Å². The highest BCUT2D eigenvalue weighted by Crippen LogP contribution is 2.36. The third-order valence-electron chi connectivity index (χ3n) is 5.10. The Morgan fingerprint density at radius 1 is 0.972 bits per heavy atom. The predicted octanol–water partition coefficient (Wildman–Crippen LogP) is 4.16. The number of hydrogen-bond donors (Lipinski definition) is 1. The van der Waals surface area contributed by atoms with Crippen molar-refractivity contribution >= 4 is 29.5 Å². The summed E-state index contributed by atoms with van der Waals surface area (Å²) in [6.45, 7) is 4.41. The van der Waals surface area contributed by atoms with Crippen LogP contribution < -0.4 is 9.64 Å². The summed E-state index contributed by atoms with van der Waals surface area (Å²) in [6, 6.07) is 5.34. The van der Waals surface area contributed by atoms with Gasteiger partial charge in [0.2, 0.25) is 5.75 Å². The van der Waals surface area contributed by atoms with E-state index in [9.17, 15) is 38.5 Å². The Morgan fingerprint density at radius 2 is 1.47 bits per heavy atom. The normalized spacial score (nSPS) is 13.5. The number of nitrogens with zero attached hydrogens (tertiary/aromatic N) is 5. The minimum Gasteiger partial charge on any atom is -0.398 e. The van der Waals surface area contributed by atoms with Crippen LogP contribution in [0.3, 0.4) is 0 Å². The fourth-order valence-corrected chi connectivity index (χ4v) is 3.73. The van der Waals surface area contributed by atoms with Crippen molar-refractivity contribution in [1.82, 2.24) is 0 Å². The molecule has 192 valence electrons. The number of rotatable bonds is 6. The molecule has 0 fully saturated rings. The fourth-order valence-electron chi connectivity index (χ4n) is 3.73. The van der Waals surface area contributed by atoms with Gasteiger partial charge in [-0.2, -0.15) is 0 Å². The monoisotopic (exact) mass is 509 g/mol. The number of alkyl halides is 3. The van der Waals surface area contributed by atoms with Gasteiger partial charge in [0, 0.05) is 49.3 Å². The Bertz CT molecular complexity index is 1250. The molecular formula is C22H22F3N5O6.